The van der Waals surface area contributed by atoms with Crippen LogP contribution >= 0.6 is 0 Å². The number of rotatable bonds is 3. The Morgan fingerprint density at radius 3 is 2.16 bits per heavy atom. The van der Waals surface area contributed by atoms with Gasteiger partial charge in [0, 0.05) is 0 Å². The quantitative estimate of drug-likeness (QED) is 0.510. The molecular formula is C16H22O3. The second-order valence-corrected chi connectivity index (χ2v) is 6.00. The van der Waals surface area contributed by atoms with Crippen molar-refractivity contribution in [2.45, 2.75) is 34.6 Å². The summed E-state index contributed by atoms with van der Waals surface area (Å²) in [4.78, 5) is 12.3. The van der Waals surface area contributed by atoms with Crippen LogP contribution in [-0.4, -0.2) is 11.1 Å². The zero-order valence-corrected chi connectivity index (χ0v) is 12.2. The number of hydrogen-bond donors (Lipinski definition) is 1. The van der Waals surface area contributed by atoms with E-state index in [0.29, 0.717) is 5.75 Å². The molecule has 0 fully saturated rings. The van der Waals surface area contributed by atoms with Crippen molar-refractivity contribution in [1.29, 1.82) is 0 Å². The van der Waals surface area contributed by atoms with Gasteiger partial charge in [-0.05, 0) is 43.5 Å². The van der Waals surface area contributed by atoms with E-state index in [9.17, 15) is 9.90 Å². The minimum Gasteiger partial charge on any atom is -0.508 e. The normalized spacial score (nSPS) is 12.7. The first kappa shape index (κ1) is 15.3. The Balaban J connectivity index is 2.89. The maximum Gasteiger partial charge on any atom is 0.318 e. The Kier molecular flexibility index (Phi) is 4.76. The van der Waals surface area contributed by atoms with Crippen molar-refractivity contribution in [2.24, 2.45) is 11.3 Å². The van der Waals surface area contributed by atoms with Gasteiger partial charge in [-0.2, -0.15) is 0 Å². The van der Waals surface area contributed by atoms with Crippen molar-refractivity contribution in [3.05, 3.63) is 35.9 Å². The molecule has 0 aliphatic carbocycles. The second kappa shape index (κ2) is 5.91. The van der Waals surface area contributed by atoms with Crippen LogP contribution in [0.1, 0.15) is 34.6 Å². The van der Waals surface area contributed by atoms with Gasteiger partial charge in [-0.15, -0.1) is 0 Å². The van der Waals surface area contributed by atoms with Crippen molar-refractivity contribution in [2.75, 3.05) is 0 Å². The van der Waals surface area contributed by atoms with Crippen LogP contribution in [0.15, 0.2) is 35.9 Å². The summed E-state index contributed by atoms with van der Waals surface area (Å²) < 4.78 is 5.36. The van der Waals surface area contributed by atoms with Crippen LogP contribution in [0.3, 0.4) is 0 Å². The van der Waals surface area contributed by atoms with Gasteiger partial charge in [-0.1, -0.05) is 32.4 Å². The zero-order valence-electron chi connectivity index (χ0n) is 12.2. The van der Waals surface area contributed by atoms with Crippen LogP contribution < -0.4 is 4.74 Å². The van der Waals surface area contributed by atoms with Crippen molar-refractivity contribution in [3.63, 3.8) is 0 Å². The SMILES string of the molecule is CC(C)=CC(C(=O)Oc1ccc(O)cc1)C(C)(C)C. The number of ether oxygens (including phenoxy) is 1. The summed E-state index contributed by atoms with van der Waals surface area (Å²) in [6.07, 6.45) is 1.93. The van der Waals surface area contributed by atoms with Gasteiger partial charge in [0.05, 0.1) is 5.92 Å². The summed E-state index contributed by atoms with van der Waals surface area (Å²) in [5, 5.41) is 9.20. The predicted molar refractivity (Wildman–Crippen MR) is 76.1 cm³/mol. The number of allylic oxidation sites excluding steroid dienone is 1. The van der Waals surface area contributed by atoms with E-state index >= 15 is 0 Å². The maximum absolute atomic E-state index is 12.3. The number of carbonyl (C=O) groups is 1. The first-order valence-corrected chi connectivity index (χ1v) is 6.36. The molecule has 1 aromatic rings. The minimum atomic E-state index is -0.300. The fourth-order valence-electron chi connectivity index (χ4n) is 1.70. The van der Waals surface area contributed by atoms with Crippen molar-refractivity contribution >= 4 is 5.97 Å². The van der Waals surface area contributed by atoms with Gasteiger partial charge >= 0.3 is 5.97 Å². The number of benzene rings is 1. The summed E-state index contributed by atoms with van der Waals surface area (Å²) in [6, 6.07) is 6.15. The molecule has 1 N–H and O–H groups in total. The van der Waals surface area contributed by atoms with Crippen molar-refractivity contribution in [1.82, 2.24) is 0 Å². The molecule has 0 amide bonds. The van der Waals surface area contributed by atoms with E-state index in [0.717, 1.165) is 5.57 Å². The highest BCUT2D eigenvalue weighted by atomic mass is 16.5. The third kappa shape index (κ3) is 4.78. The van der Waals surface area contributed by atoms with Crippen LogP contribution in [0.5, 0.6) is 11.5 Å². The van der Waals surface area contributed by atoms with E-state index in [1.165, 1.54) is 12.1 Å². The van der Waals surface area contributed by atoms with Crippen LogP contribution in [-0.2, 0) is 4.79 Å². The Morgan fingerprint density at radius 2 is 1.74 bits per heavy atom. The molecule has 1 aromatic carbocycles. The van der Waals surface area contributed by atoms with Crippen molar-refractivity contribution in [3.8, 4) is 11.5 Å². The largest absolute Gasteiger partial charge is 0.508 e. The summed E-state index contributed by atoms with van der Waals surface area (Å²) in [5.74, 6) is 0.0152. The average Bonchev–Trinajstić information content (AvgIpc) is 2.27. The lowest BCUT2D eigenvalue weighted by Crippen LogP contribution is -2.30. The Morgan fingerprint density at radius 1 is 1.21 bits per heavy atom. The average molecular weight is 262 g/mol. The molecule has 1 unspecified atom stereocenters. The molecule has 0 aliphatic rings. The van der Waals surface area contributed by atoms with Gasteiger partial charge in [0.2, 0.25) is 0 Å². The zero-order chi connectivity index (χ0) is 14.6. The van der Waals surface area contributed by atoms with Crippen LogP contribution in [0.4, 0.5) is 0 Å². The van der Waals surface area contributed by atoms with Crippen LogP contribution in [0.25, 0.3) is 0 Å². The van der Waals surface area contributed by atoms with Crippen LogP contribution in [0.2, 0.25) is 0 Å². The highest BCUT2D eigenvalue weighted by molar-refractivity contribution is 5.78. The lowest BCUT2D eigenvalue weighted by atomic mass is 9.80. The van der Waals surface area contributed by atoms with E-state index < -0.39 is 0 Å². The molecule has 19 heavy (non-hydrogen) atoms. The molecule has 0 radical (unpaired) electrons. The van der Waals surface area contributed by atoms with E-state index in [1.807, 2.05) is 40.7 Å². The first-order chi connectivity index (χ1) is 8.70. The number of esters is 1. The number of carbonyl (C=O) groups excluding carboxylic acids is 1. The van der Waals surface area contributed by atoms with Crippen LogP contribution in [0, 0.1) is 11.3 Å². The standard InChI is InChI=1S/C16H22O3/c1-11(2)10-14(16(3,4)5)15(18)19-13-8-6-12(17)7-9-13/h6-10,14,17H,1-5H3. The molecule has 0 saturated heterocycles. The number of phenolic OH excluding ortho intramolecular Hbond substituents is 1. The predicted octanol–water partition coefficient (Wildman–Crippen LogP) is 3.93. The molecule has 0 aliphatic heterocycles. The number of phenols is 1. The molecular weight excluding hydrogens is 240 g/mol. The van der Waals surface area contributed by atoms with Gasteiger partial charge in [-0.3, -0.25) is 4.79 Å². The molecule has 104 valence electrons. The highest BCUT2D eigenvalue weighted by Crippen LogP contribution is 2.30. The lowest BCUT2D eigenvalue weighted by Gasteiger charge is -2.26. The topological polar surface area (TPSA) is 46.5 Å². The molecule has 0 aromatic heterocycles. The molecule has 0 spiro atoms. The molecule has 0 heterocycles. The van der Waals surface area contributed by atoms with Crippen molar-refractivity contribution < 1.29 is 14.6 Å². The number of aromatic hydroxyl groups is 1. The third-order valence-electron chi connectivity index (χ3n) is 2.74. The van der Waals surface area contributed by atoms with E-state index in [-0.39, 0.29) is 23.1 Å². The van der Waals surface area contributed by atoms with Gasteiger partial charge in [-0.25, -0.2) is 0 Å². The van der Waals surface area contributed by atoms with Gasteiger partial charge < -0.3 is 9.84 Å². The van der Waals surface area contributed by atoms with E-state index in [2.05, 4.69) is 0 Å². The molecule has 3 nitrogen and oxygen atoms in total. The minimum absolute atomic E-state index is 0.150. The summed E-state index contributed by atoms with van der Waals surface area (Å²) in [7, 11) is 0. The van der Waals surface area contributed by atoms with Gasteiger partial charge in [0.1, 0.15) is 11.5 Å². The van der Waals surface area contributed by atoms with Gasteiger partial charge in [0.25, 0.3) is 0 Å². The summed E-state index contributed by atoms with van der Waals surface area (Å²) in [6.45, 7) is 9.96. The fourth-order valence-corrected chi connectivity index (χ4v) is 1.70. The second-order valence-electron chi connectivity index (χ2n) is 6.00. The summed E-state index contributed by atoms with van der Waals surface area (Å²) in [5.41, 5.74) is 0.883. The molecule has 1 rings (SSSR count). The Hall–Kier alpha value is -1.77. The summed E-state index contributed by atoms with van der Waals surface area (Å²) >= 11 is 0. The van der Waals surface area contributed by atoms with Gasteiger partial charge in [0.15, 0.2) is 0 Å². The molecule has 3 heteroatoms. The monoisotopic (exact) mass is 262 g/mol. The fraction of sp³-hybridized carbons (Fsp3) is 0.438. The maximum atomic E-state index is 12.3. The lowest BCUT2D eigenvalue weighted by molar-refractivity contribution is -0.140. The molecule has 0 saturated carbocycles. The van der Waals surface area contributed by atoms with E-state index in [1.54, 1.807) is 12.1 Å². The smallest absolute Gasteiger partial charge is 0.318 e. The number of hydrogen-bond acceptors (Lipinski definition) is 3. The van der Waals surface area contributed by atoms with E-state index in [4.69, 9.17) is 4.74 Å². The third-order valence-corrected chi connectivity index (χ3v) is 2.74. The molecule has 0 bridgehead atoms. The Bertz CT molecular complexity index is 460. The highest BCUT2D eigenvalue weighted by Gasteiger charge is 2.31. The Labute approximate surface area is 114 Å². The molecule has 1 atom stereocenters. The first-order valence-electron chi connectivity index (χ1n) is 6.36.